The van der Waals surface area contributed by atoms with Crippen LogP contribution in [-0.4, -0.2) is 60.4 Å². The van der Waals surface area contributed by atoms with E-state index in [9.17, 15) is 9.59 Å². The number of ether oxygens (including phenoxy) is 2. The van der Waals surface area contributed by atoms with Gasteiger partial charge < -0.3 is 19.7 Å². The quantitative estimate of drug-likeness (QED) is 0.475. The molecule has 2 amide bonds. The van der Waals surface area contributed by atoms with Crippen LogP contribution in [0.2, 0.25) is 0 Å². The number of hydrogen-bond donors (Lipinski definition) is 1. The first kappa shape index (κ1) is 26.9. The summed E-state index contributed by atoms with van der Waals surface area (Å²) in [6.07, 6.45) is 0. The highest BCUT2D eigenvalue weighted by Gasteiger charge is 2.24. The van der Waals surface area contributed by atoms with Crippen LogP contribution in [0.15, 0.2) is 48.5 Å². The summed E-state index contributed by atoms with van der Waals surface area (Å²) in [5.41, 5.74) is 4.15. The van der Waals surface area contributed by atoms with Crippen LogP contribution in [-0.2, 0) is 14.9 Å². The maximum absolute atomic E-state index is 13.2. The molecule has 0 saturated heterocycles. The molecule has 0 unspecified atom stereocenters. The van der Waals surface area contributed by atoms with E-state index >= 15 is 0 Å². The third-order valence-electron chi connectivity index (χ3n) is 5.83. The van der Waals surface area contributed by atoms with Crippen LogP contribution in [0.4, 0.5) is 5.82 Å². The van der Waals surface area contributed by atoms with E-state index in [4.69, 9.17) is 14.6 Å². The molecule has 3 rings (SSSR count). The number of carbonyl (C=O) groups excluding carboxylic acids is 2. The fourth-order valence-electron chi connectivity index (χ4n) is 3.81. The summed E-state index contributed by atoms with van der Waals surface area (Å²) in [6, 6.07) is 14.9. The molecule has 1 N–H and O–H groups in total. The van der Waals surface area contributed by atoms with Crippen molar-refractivity contribution in [3.63, 3.8) is 0 Å². The van der Waals surface area contributed by atoms with Gasteiger partial charge in [-0.05, 0) is 43.7 Å². The number of carbonyl (C=O) groups is 2. The highest BCUT2D eigenvalue weighted by atomic mass is 16.5. The summed E-state index contributed by atoms with van der Waals surface area (Å²) in [4.78, 5) is 27.9. The van der Waals surface area contributed by atoms with Gasteiger partial charge in [-0.15, -0.1) is 0 Å². The number of anilines is 1. The zero-order valence-electron chi connectivity index (χ0n) is 22.2. The lowest BCUT2D eigenvalue weighted by Gasteiger charge is -2.22. The summed E-state index contributed by atoms with van der Waals surface area (Å²) in [7, 11) is 3.11. The molecule has 1 aromatic heterocycles. The molecule has 0 aliphatic rings. The first-order chi connectivity index (χ1) is 17.0. The van der Waals surface area contributed by atoms with E-state index in [1.165, 1.54) is 4.90 Å². The van der Waals surface area contributed by atoms with Crippen molar-refractivity contribution in [1.82, 2.24) is 14.7 Å². The maximum atomic E-state index is 13.2. The first-order valence-corrected chi connectivity index (χ1v) is 11.9. The van der Waals surface area contributed by atoms with Crippen molar-refractivity contribution < 1.29 is 19.1 Å². The van der Waals surface area contributed by atoms with Crippen molar-refractivity contribution in [1.29, 1.82) is 0 Å². The minimum atomic E-state index is -0.325. The fourth-order valence-corrected chi connectivity index (χ4v) is 3.81. The number of aromatic nitrogens is 2. The van der Waals surface area contributed by atoms with Gasteiger partial charge in [0.1, 0.15) is 18.1 Å². The number of benzene rings is 2. The highest BCUT2D eigenvalue weighted by Crippen LogP contribution is 2.28. The minimum absolute atomic E-state index is 0.137. The van der Waals surface area contributed by atoms with Crippen molar-refractivity contribution in [2.45, 2.75) is 40.0 Å². The predicted molar refractivity (Wildman–Crippen MR) is 141 cm³/mol. The minimum Gasteiger partial charge on any atom is -0.497 e. The Morgan fingerprint density at radius 3 is 2.44 bits per heavy atom. The van der Waals surface area contributed by atoms with Crippen molar-refractivity contribution in [2.75, 3.05) is 39.2 Å². The van der Waals surface area contributed by atoms with Gasteiger partial charge in [0.2, 0.25) is 5.91 Å². The summed E-state index contributed by atoms with van der Waals surface area (Å²) in [5.74, 6) is 0.523. The summed E-state index contributed by atoms with van der Waals surface area (Å²) in [5, 5.41) is 7.79. The molecule has 0 aliphatic heterocycles. The molecule has 2 aromatic carbocycles. The van der Waals surface area contributed by atoms with Crippen LogP contribution in [0, 0.1) is 13.8 Å². The molecule has 1 heterocycles. The fraction of sp³-hybridized carbons (Fsp3) is 0.393. The third kappa shape index (κ3) is 6.51. The van der Waals surface area contributed by atoms with Crippen LogP contribution >= 0.6 is 0 Å². The normalized spacial score (nSPS) is 11.3. The summed E-state index contributed by atoms with van der Waals surface area (Å²) >= 11 is 0. The second-order valence-electron chi connectivity index (χ2n) is 9.87. The highest BCUT2D eigenvalue weighted by molar-refractivity contribution is 5.99. The monoisotopic (exact) mass is 492 g/mol. The second-order valence-corrected chi connectivity index (χ2v) is 9.87. The molecular formula is C28H36N4O4. The Balaban J connectivity index is 1.89. The lowest BCUT2D eigenvalue weighted by molar-refractivity contribution is -0.117. The topological polar surface area (TPSA) is 85.7 Å². The Morgan fingerprint density at radius 2 is 1.81 bits per heavy atom. The molecule has 36 heavy (non-hydrogen) atoms. The SMILES string of the molecule is COCCN(CC(=O)Nc1cc(C(C)(C)C)nn1-c1ccc(C)cc1C)C(=O)c1cccc(OC)c1. The molecule has 8 heteroatoms. The van der Waals surface area contributed by atoms with E-state index in [0.29, 0.717) is 23.7 Å². The average Bonchev–Trinajstić information content (AvgIpc) is 3.25. The molecular weight excluding hydrogens is 456 g/mol. The Morgan fingerprint density at radius 1 is 1.06 bits per heavy atom. The van der Waals surface area contributed by atoms with Gasteiger partial charge in [0.05, 0.1) is 25.1 Å². The molecule has 0 aliphatic carbocycles. The first-order valence-electron chi connectivity index (χ1n) is 11.9. The van der Waals surface area contributed by atoms with Crippen molar-refractivity contribution in [2.24, 2.45) is 0 Å². The maximum Gasteiger partial charge on any atom is 0.254 e. The Labute approximate surface area is 213 Å². The van der Waals surface area contributed by atoms with E-state index in [-0.39, 0.29) is 30.3 Å². The largest absolute Gasteiger partial charge is 0.497 e. The van der Waals surface area contributed by atoms with Crippen LogP contribution in [0.3, 0.4) is 0 Å². The van der Waals surface area contributed by atoms with Crippen molar-refractivity contribution in [3.05, 3.63) is 70.9 Å². The standard InChI is InChI=1S/C28H36N4O4/c1-19-11-12-23(20(2)15-19)32-25(17-24(30-32)28(3,4)5)29-26(33)18-31(13-14-35-6)27(34)21-9-8-10-22(16-21)36-7/h8-12,15-17H,13-14,18H2,1-7H3,(H,29,33). The summed E-state index contributed by atoms with van der Waals surface area (Å²) < 4.78 is 12.2. The number of amides is 2. The van der Waals surface area contributed by atoms with Crippen LogP contribution in [0.25, 0.3) is 5.69 Å². The lowest BCUT2D eigenvalue weighted by Crippen LogP contribution is -2.40. The number of hydrogen-bond acceptors (Lipinski definition) is 5. The number of methoxy groups -OCH3 is 2. The lowest BCUT2D eigenvalue weighted by atomic mass is 9.92. The molecule has 0 atom stereocenters. The number of aryl methyl sites for hydroxylation is 2. The Bertz CT molecular complexity index is 1230. The van der Waals surface area contributed by atoms with E-state index in [1.54, 1.807) is 43.2 Å². The number of nitrogens with one attached hydrogen (secondary N) is 1. The van der Waals surface area contributed by atoms with Crippen molar-refractivity contribution in [3.8, 4) is 11.4 Å². The smallest absolute Gasteiger partial charge is 0.254 e. The number of rotatable bonds is 9. The van der Waals surface area contributed by atoms with Gasteiger partial charge in [-0.2, -0.15) is 5.10 Å². The Kier molecular flexibility index (Phi) is 8.53. The van der Waals surface area contributed by atoms with Gasteiger partial charge in [0.15, 0.2) is 0 Å². The molecule has 0 saturated carbocycles. The van der Waals surface area contributed by atoms with Gasteiger partial charge in [0.25, 0.3) is 5.91 Å². The molecule has 0 spiro atoms. The van der Waals surface area contributed by atoms with E-state index in [1.807, 2.05) is 32.0 Å². The van der Waals surface area contributed by atoms with Crippen LogP contribution < -0.4 is 10.1 Å². The molecule has 192 valence electrons. The van der Waals surface area contributed by atoms with Gasteiger partial charge in [-0.3, -0.25) is 9.59 Å². The summed E-state index contributed by atoms with van der Waals surface area (Å²) in [6.45, 7) is 10.7. The van der Waals surface area contributed by atoms with Gasteiger partial charge >= 0.3 is 0 Å². The van der Waals surface area contributed by atoms with E-state index in [0.717, 1.165) is 22.5 Å². The van der Waals surface area contributed by atoms with E-state index < -0.39 is 0 Å². The van der Waals surface area contributed by atoms with Crippen LogP contribution in [0.1, 0.15) is 48.0 Å². The molecule has 8 nitrogen and oxygen atoms in total. The molecule has 0 fully saturated rings. The van der Waals surface area contributed by atoms with E-state index in [2.05, 4.69) is 32.2 Å². The van der Waals surface area contributed by atoms with Gasteiger partial charge in [-0.25, -0.2) is 4.68 Å². The number of nitrogens with zero attached hydrogens (tertiary/aromatic N) is 3. The Hall–Kier alpha value is -3.65. The molecule has 3 aromatic rings. The zero-order chi connectivity index (χ0) is 26.5. The van der Waals surface area contributed by atoms with Crippen molar-refractivity contribution >= 4 is 17.6 Å². The van der Waals surface area contributed by atoms with Gasteiger partial charge in [0, 0.05) is 30.7 Å². The molecule has 0 radical (unpaired) electrons. The third-order valence-corrected chi connectivity index (χ3v) is 5.83. The zero-order valence-corrected chi connectivity index (χ0v) is 22.2. The molecule has 0 bridgehead atoms. The predicted octanol–water partition coefficient (Wildman–Crippen LogP) is 4.52. The second kappa shape index (κ2) is 11.4. The van der Waals surface area contributed by atoms with Gasteiger partial charge in [-0.1, -0.05) is 44.5 Å². The average molecular weight is 493 g/mol. The van der Waals surface area contributed by atoms with Crippen LogP contribution in [0.5, 0.6) is 5.75 Å².